The van der Waals surface area contributed by atoms with Crippen LogP contribution in [0.5, 0.6) is 0 Å². The molecule has 2 fully saturated rings. The van der Waals surface area contributed by atoms with Gasteiger partial charge in [-0.05, 0) is 44.0 Å². The first kappa shape index (κ1) is 22.8. The molecule has 8 nitrogen and oxygen atoms in total. The summed E-state index contributed by atoms with van der Waals surface area (Å²) in [6.45, 7) is 1.72. The Morgan fingerprint density at radius 1 is 1.09 bits per heavy atom. The van der Waals surface area contributed by atoms with E-state index >= 15 is 0 Å². The number of pyridine rings is 3. The van der Waals surface area contributed by atoms with E-state index in [-0.39, 0.29) is 28.9 Å². The second-order valence-electron chi connectivity index (χ2n) is 8.67. The number of rotatable bonds is 4. The van der Waals surface area contributed by atoms with Gasteiger partial charge in [0, 0.05) is 42.2 Å². The van der Waals surface area contributed by atoms with Crippen molar-refractivity contribution in [3.8, 4) is 11.8 Å². The topological polar surface area (TPSA) is 91.3 Å². The van der Waals surface area contributed by atoms with Gasteiger partial charge in [0.1, 0.15) is 17.2 Å². The molecule has 5 rings (SSSR count). The lowest BCUT2D eigenvalue weighted by Crippen LogP contribution is -2.48. The van der Waals surface area contributed by atoms with E-state index in [1.807, 2.05) is 11.9 Å². The number of amides is 2. The lowest BCUT2D eigenvalue weighted by Gasteiger charge is -2.31. The molecular formula is C25H22F2N6O2. The molecule has 1 aliphatic heterocycles. The fourth-order valence-corrected chi connectivity index (χ4v) is 3.89. The van der Waals surface area contributed by atoms with Gasteiger partial charge in [0.05, 0.1) is 24.0 Å². The van der Waals surface area contributed by atoms with Crippen LogP contribution in [0.4, 0.5) is 20.3 Å². The highest BCUT2D eigenvalue weighted by Crippen LogP contribution is 2.32. The number of nitrogens with zero attached hydrogens (tertiary/aromatic N) is 5. The van der Waals surface area contributed by atoms with Crippen molar-refractivity contribution < 1.29 is 18.4 Å². The van der Waals surface area contributed by atoms with Gasteiger partial charge in [0.15, 0.2) is 0 Å². The smallest absolute Gasteiger partial charge is 0.281 e. The molecule has 1 saturated carbocycles. The molecule has 10 heteroatoms. The van der Waals surface area contributed by atoms with Crippen molar-refractivity contribution in [2.45, 2.75) is 19.3 Å². The molecule has 0 unspecified atom stereocenters. The minimum atomic E-state index is -2.78. The van der Waals surface area contributed by atoms with Crippen LogP contribution in [0.15, 0.2) is 36.8 Å². The van der Waals surface area contributed by atoms with Gasteiger partial charge in [-0.2, -0.15) is 0 Å². The second kappa shape index (κ2) is 9.35. The summed E-state index contributed by atoms with van der Waals surface area (Å²) in [6.07, 6.45) is 3.07. The fraction of sp³-hybridized carbons (Fsp3) is 0.320. The fourth-order valence-electron chi connectivity index (χ4n) is 3.89. The quantitative estimate of drug-likeness (QED) is 0.583. The standard InChI is InChI=1S/C25H22F2N6O2/c1-32-8-9-33(22(34)14-32)18-7-6-17(28-12-18)5-4-16-11-30-23(24(26)27)20-13-29-21(10-19(16)20)31-25(35)15-2-3-15/h6-7,10-13,15,24H,2-3,8-9,14H2,1H3,(H,29,31,35). The first-order chi connectivity index (χ1) is 16.9. The zero-order valence-corrected chi connectivity index (χ0v) is 19.0. The number of piperazine rings is 1. The normalized spacial score (nSPS) is 16.3. The number of hydrogen-bond donors (Lipinski definition) is 1. The van der Waals surface area contributed by atoms with E-state index in [1.54, 1.807) is 29.3 Å². The maximum atomic E-state index is 13.5. The molecular weight excluding hydrogens is 454 g/mol. The Labute approximate surface area is 200 Å². The highest BCUT2D eigenvalue weighted by molar-refractivity contribution is 5.97. The number of carbonyl (C=O) groups excluding carboxylic acids is 2. The third-order valence-corrected chi connectivity index (χ3v) is 6.01. The summed E-state index contributed by atoms with van der Waals surface area (Å²) in [7, 11) is 1.90. The lowest BCUT2D eigenvalue weighted by atomic mass is 10.1. The molecule has 0 radical (unpaired) electrons. The Hall–Kier alpha value is -3.97. The Morgan fingerprint density at radius 3 is 2.60 bits per heavy atom. The van der Waals surface area contributed by atoms with Crippen LogP contribution in [0.2, 0.25) is 0 Å². The van der Waals surface area contributed by atoms with E-state index < -0.39 is 12.1 Å². The Balaban J connectivity index is 1.43. The second-order valence-corrected chi connectivity index (χ2v) is 8.67. The molecule has 1 saturated heterocycles. The third kappa shape index (κ3) is 4.95. The number of nitrogens with one attached hydrogen (secondary N) is 1. The van der Waals surface area contributed by atoms with Gasteiger partial charge in [0.25, 0.3) is 6.43 Å². The maximum absolute atomic E-state index is 13.5. The highest BCUT2D eigenvalue weighted by atomic mass is 19.3. The van der Waals surface area contributed by atoms with Gasteiger partial charge in [-0.15, -0.1) is 0 Å². The molecule has 2 amide bonds. The molecule has 0 spiro atoms. The number of likely N-dealkylation sites (N-methyl/N-ethyl adjacent to an activating group) is 1. The Kier molecular flexibility index (Phi) is 6.09. The Bertz CT molecular complexity index is 1360. The highest BCUT2D eigenvalue weighted by Gasteiger charge is 2.30. The first-order valence-electron chi connectivity index (χ1n) is 11.2. The van der Waals surface area contributed by atoms with E-state index in [4.69, 9.17) is 0 Å². The molecule has 3 aromatic heterocycles. The van der Waals surface area contributed by atoms with Crippen molar-refractivity contribution in [1.29, 1.82) is 0 Å². The van der Waals surface area contributed by atoms with Crippen molar-refractivity contribution in [3.63, 3.8) is 0 Å². The summed E-state index contributed by atoms with van der Waals surface area (Å²) in [4.78, 5) is 40.4. The van der Waals surface area contributed by atoms with Gasteiger partial charge < -0.3 is 10.2 Å². The molecule has 0 atom stereocenters. The zero-order chi connectivity index (χ0) is 24.5. The molecule has 2 aliphatic rings. The molecule has 0 bridgehead atoms. The molecule has 4 heterocycles. The lowest BCUT2D eigenvalue weighted by molar-refractivity contribution is -0.121. The van der Waals surface area contributed by atoms with Crippen LogP contribution in [0.3, 0.4) is 0 Å². The summed E-state index contributed by atoms with van der Waals surface area (Å²) in [5.41, 5.74) is 1.17. The molecule has 3 aromatic rings. The molecule has 35 heavy (non-hydrogen) atoms. The van der Waals surface area contributed by atoms with Crippen LogP contribution < -0.4 is 10.2 Å². The number of fused-ring (bicyclic) bond motifs is 1. The third-order valence-electron chi connectivity index (χ3n) is 6.01. The SMILES string of the molecule is CN1CCN(c2ccc(C#Cc3cnc(C(F)F)c4cnc(NC(=O)C5CC5)cc34)nc2)C(=O)C1. The van der Waals surface area contributed by atoms with Gasteiger partial charge >= 0.3 is 0 Å². The van der Waals surface area contributed by atoms with E-state index in [0.717, 1.165) is 19.4 Å². The summed E-state index contributed by atoms with van der Waals surface area (Å²) in [6, 6.07) is 5.04. The summed E-state index contributed by atoms with van der Waals surface area (Å²) in [5.74, 6) is 6.03. The van der Waals surface area contributed by atoms with Crippen molar-refractivity contribution in [1.82, 2.24) is 19.9 Å². The maximum Gasteiger partial charge on any atom is 0.281 e. The number of alkyl halides is 2. The van der Waals surface area contributed by atoms with Crippen LogP contribution in [0, 0.1) is 17.8 Å². The summed E-state index contributed by atoms with van der Waals surface area (Å²) in [5, 5.41) is 3.33. The van der Waals surface area contributed by atoms with Crippen molar-refractivity contribution in [2.24, 2.45) is 5.92 Å². The van der Waals surface area contributed by atoms with Gasteiger partial charge in [-0.25, -0.2) is 18.7 Å². The number of anilines is 2. The first-order valence-corrected chi connectivity index (χ1v) is 11.2. The van der Waals surface area contributed by atoms with Crippen molar-refractivity contribution in [2.75, 3.05) is 36.9 Å². The molecule has 178 valence electrons. The van der Waals surface area contributed by atoms with Gasteiger partial charge in [0.2, 0.25) is 11.8 Å². The van der Waals surface area contributed by atoms with Crippen LogP contribution in [0.1, 0.15) is 36.2 Å². The number of halogens is 2. The average Bonchev–Trinajstić information content (AvgIpc) is 3.68. The van der Waals surface area contributed by atoms with Crippen molar-refractivity contribution >= 4 is 34.1 Å². The van der Waals surface area contributed by atoms with Gasteiger partial charge in [-0.1, -0.05) is 5.92 Å². The predicted molar refractivity (Wildman–Crippen MR) is 126 cm³/mol. The van der Waals surface area contributed by atoms with Gasteiger partial charge in [-0.3, -0.25) is 19.5 Å². The molecule has 1 aliphatic carbocycles. The number of aromatic nitrogens is 3. The van der Waals surface area contributed by atoms with Crippen LogP contribution >= 0.6 is 0 Å². The monoisotopic (exact) mass is 476 g/mol. The van der Waals surface area contributed by atoms with E-state index in [1.165, 1.54) is 12.4 Å². The van der Waals surface area contributed by atoms with Crippen molar-refractivity contribution in [3.05, 3.63) is 53.7 Å². The minimum absolute atomic E-state index is 0.00855. The largest absolute Gasteiger partial charge is 0.310 e. The van der Waals surface area contributed by atoms with E-state index in [9.17, 15) is 18.4 Å². The number of hydrogen-bond acceptors (Lipinski definition) is 6. The van der Waals surface area contributed by atoms with E-state index in [2.05, 4.69) is 32.1 Å². The van der Waals surface area contributed by atoms with Crippen LogP contribution in [0.25, 0.3) is 10.8 Å². The minimum Gasteiger partial charge on any atom is -0.310 e. The number of carbonyl (C=O) groups is 2. The molecule has 1 N–H and O–H groups in total. The summed E-state index contributed by atoms with van der Waals surface area (Å²) >= 11 is 0. The van der Waals surface area contributed by atoms with Crippen LogP contribution in [-0.2, 0) is 9.59 Å². The predicted octanol–water partition coefficient (Wildman–Crippen LogP) is 2.99. The zero-order valence-electron chi connectivity index (χ0n) is 19.0. The van der Waals surface area contributed by atoms with E-state index in [0.29, 0.717) is 35.4 Å². The Morgan fingerprint density at radius 2 is 1.91 bits per heavy atom. The molecule has 0 aromatic carbocycles. The average molecular weight is 476 g/mol. The summed E-state index contributed by atoms with van der Waals surface area (Å²) < 4.78 is 27.0. The van der Waals surface area contributed by atoms with Crippen LogP contribution in [-0.4, -0.2) is 58.3 Å².